The van der Waals surface area contributed by atoms with E-state index in [1.165, 1.54) is 6.92 Å². The first-order chi connectivity index (χ1) is 6.07. The normalized spacial score (nSPS) is 10.7. The minimum atomic E-state index is -0.504. The highest BCUT2D eigenvalue weighted by molar-refractivity contribution is 5.86. The van der Waals surface area contributed by atoms with Crippen LogP contribution in [0.25, 0.3) is 0 Å². The minimum absolute atomic E-state index is 0.218. The molecule has 0 radical (unpaired) electrons. The second-order valence-electron chi connectivity index (χ2n) is 2.57. The Morgan fingerprint density at radius 1 is 1.46 bits per heavy atom. The van der Waals surface area contributed by atoms with Gasteiger partial charge in [-0.3, -0.25) is 9.59 Å². The molecule has 2 N–H and O–H groups in total. The number of amides is 2. The topological polar surface area (TPSA) is 58.2 Å². The van der Waals surface area contributed by atoms with Crippen molar-refractivity contribution >= 4 is 11.8 Å². The van der Waals surface area contributed by atoms with Crippen molar-refractivity contribution in [3.63, 3.8) is 0 Å². The lowest BCUT2D eigenvalue weighted by molar-refractivity contribution is -0.127. The molecule has 1 unspecified atom stereocenters. The van der Waals surface area contributed by atoms with Gasteiger partial charge in [0.15, 0.2) is 0 Å². The maximum absolute atomic E-state index is 11.2. The Kier molecular flexibility index (Phi) is 5.37. The van der Waals surface area contributed by atoms with Crippen LogP contribution in [0.5, 0.6) is 0 Å². The van der Waals surface area contributed by atoms with Crippen LogP contribution in [0.3, 0.4) is 0 Å². The summed E-state index contributed by atoms with van der Waals surface area (Å²) in [4.78, 5) is 21.7. The minimum Gasteiger partial charge on any atom is -0.345 e. The van der Waals surface area contributed by atoms with Crippen LogP contribution in [-0.4, -0.2) is 24.4 Å². The Balaban J connectivity index is 3.80. The lowest BCUT2D eigenvalue weighted by Gasteiger charge is -2.10. The molecular formula is C9H14N2O2. The molecule has 0 bridgehead atoms. The monoisotopic (exact) mass is 182 g/mol. The van der Waals surface area contributed by atoms with Crippen LogP contribution in [0, 0.1) is 11.8 Å². The van der Waals surface area contributed by atoms with Gasteiger partial charge in [0, 0.05) is 6.92 Å². The van der Waals surface area contributed by atoms with E-state index < -0.39 is 6.04 Å². The second kappa shape index (κ2) is 6.06. The summed E-state index contributed by atoms with van der Waals surface area (Å²) < 4.78 is 0. The summed E-state index contributed by atoms with van der Waals surface area (Å²) in [5, 5.41) is 5.03. The zero-order chi connectivity index (χ0) is 10.3. The fourth-order valence-corrected chi connectivity index (χ4v) is 0.743. The zero-order valence-corrected chi connectivity index (χ0v) is 8.10. The van der Waals surface area contributed by atoms with Gasteiger partial charge in [-0.2, -0.15) is 0 Å². The van der Waals surface area contributed by atoms with Crippen molar-refractivity contribution in [2.45, 2.75) is 26.8 Å². The third-order valence-electron chi connectivity index (χ3n) is 1.34. The Morgan fingerprint density at radius 3 is 2.54 bits per heavy atom. The number of carbonyl (C=O) groups excluding carboxylic acids is 2. The van der Waals surface area contributed by atoms with E-state index in [0.717, 1.165) is 0 Å². The molecule has 0 aliphatic rings. The molecule has 13 heavy (non-hydrogen) atoms. The lowest BCUT2D eigenvalue weighted by atomic mass is 10.3. The molecular weight excluding hydrogens is 168 g/mol. The molecule has 0 aliphatic heterocycles. The van der Waals surface area contributed by atoms with Gasteiger partial charge in [0.25, 0.3) is 0 Å². The van der Waals surface area contributed by atoms with Crippen molar-refractivity contribution in [2.24, 2.45) is 0 Å². The van der Waals surface area contributed by atoms with Gasteiger partial charge in [-0.05, 0) is 13.8 Å². The molecule has 1 atom stereocenters. The molecule has 0 aromatic rings. The molecule has 0 spiro atoms. The quantitative estimate of drug-likeness (QED) is 0.586. The number of nitrogens with one attached hydrogen (secondary N) is 2. The number of carbonyl (C=O) groups is 2. The van der Waals surface area contributed by atoms with E-state index >= 15 is 0 Å². The highest BCUT2D eigenvalue weighted by Gasteiger charge is 2.11. The molecule has 4 nitrogen and oxygen atoms in total. The maximum Gasteiger partial charge on any atom is 0.243 e. The Hall–Kier alpha value is -1.50. The van der Waals surface area contributed by atoms with Crippen LogP contribution in [0.4, 0.5) is 0 Å². The molecule has 72 valence electrons. The highest BCUT2D eigenvalue weighted by atomic mass is 16.2. The van der Waals surface area contributed by atoms with E-state index in [0.29, 0.717) is 6.54 Å². The third-order valence-corrected chi connectivity index (χ3v) is 1.34. The van der Waals surface area contributed by atoms with Crippen LogP contribution in [0.2, 0.25) is 0 Å². The summed E-state index contributed by atoms with van der Waals surface area (Å²) in [6.45, 7) is 5.01. The number of rotatable bonds is 3. The van der Waals surface area contributed by atoms with Gasteiger partial charge in [-0.15, -0.1) is 5.92 Å². The van der Waals surface area contributed by atoms with Crippen molar-refractivity contribution < 1.29 is 9.59 Å². The van der Waals surface area contributed by atoms with E-state index in [1.54, 1.807) is 13.8 Å². The zero-order valence-electron chi connectivity index (χ0n) is 8.10. The van der Waals surface area contributed by atoms with Gasteiger partial charge in [-0.25, -0.2) is 0 Å². The maximum atomic E-state index is 11.2. The Bertz CT molecular complexity index is 250. The summed E-state index contributed by atoms with van der Waals surface area (Å²) in [6.07, 6.45) is 0. The highest BCUT2D eigenvalue weighted by Crippen LogP contribution is 1.80. The van der Waals surface area contributed by atoms with Crippen molar-refractivity contribution in [1.29, 1.82) is 0 Å². The molecule has 2 amide bonds. The fraction of sp³-hybridized carbons (Fsp3) is 0.556. The van der Waals surface area contributed by atoms with Gasteiger partial charge in [-0.1, -0.05) is 5.92 Å². The molecule has 0 aliphatic carbocycles. The van der Waals surface area contributed by atoms with Crippen molar-refractivity contribution in [1.82, 2.24) is 10.6 Å². The van der Waals surface area contributed by atoms with Crippen LogP contribution in [-0.2, 0) is 9.59 Å². The summed E-state index contributed by atoms with van der Waals surface area (Å²) >= 11 is 0. The Morgan fingerprint density at radius 2 is 2.08 bits per heavy atom. The van der Waals surface area contributed by atoms with Gasteiger partial charge < -0.3 is 10.6 Å². The largest absolute Gasteiger partial charge is 0.345 e. The predicted octanol–water partition coefficient (Wildman–Crippen LogP) is -0.350. The van der Waals surface area contributed by atoms with Gasteiger partial charge >= 0.3 is 0 Å². The van der Waals surface area contributed by atoms with Crippen molar-refractivity contribution in [3.05, 3.63) is 0 Å². The van der Waals surface area contributed by atoms with Gasteiger partial charge in [0.2, 0.25) is 11.8 Å². The predicted molar refractivity (Wildman–Crippen MR) is 49.7 cm³/mol. The first kappa shape index (κ1) is 11.5. The van der Waals surface area contributed by atoms with Gasteiger partial charge in [0.05, 0.1) is 6.54 Å². The molecule has 0 saturated heterocycles. The second-order valence-corrected chi connectivity index (χ2v) is 2.57. The van der Waals surface area contributed by atoms with E-state index in [9.17, 15) is 9.59 Å². The summed E-state index contributed by atoms with van der Waals surface area (Å²) in [6, 6.07) is -0.504. The molecule has 0 fully saturated rings. The molecule has 0 aromatic heterocycles. The number of hydrogen-bond acceptors (Lipinski definition) is 2. The standard InChI is InChI=1S/C9H14N2O2/c1-4-5-6-10-9(13)7(2)11-8(3)12/h7H,6H2,1-3H3,(H,10,13)(H,11,12). The van der Waals surface area contributed by atoms with Crippen molar-refractivity contribution in [3.8, 4) is 11.8 Å². The Labute approximate surface area is 78.1 Å². The van der Waals surface area contributed by atoms with E-state index in [-0.39, 0.29) is 11.8 Å². The first-order valence-corrected chi connectivity index (χ1v) is 4.02. The average molecular weight is 182 g/mol. The van der Waals surface area contributed by atoms with E-state index in [2.05, 4.69) is 22.5 Å². The SMILES string of the molecule is CC#CCNC(=O)C(C)NC(C)=O. The average Bonchev–Trinajstić information content (AvgIpc) is 2.03. The van der Waals surface area contributed by atoms with Crippen LogP contribution < -0.4 is 10.6 Å². The van der Waals surface area contributed by atoms with Crippen LogP contribution >= 0.6 is 0 Å². The summed E-state index contributed by atoms with van der Waals surface area (Å²) in [5.41, 5.74) is 0. The molecule has 0 saturated carbocycles. The third kappa shape index (κ3) is 5.74. The lowest BCUT2D eigenvalue weighted by Crippen LogP contribution is -2.44. The van der Waals surface area contributed by atoms with Gasteiger partial charge in [0.1, 0.15) is 6.04 Å². The van der Waals surface area contributed by atoms with E-state index in [1.807, 2.05) is 0 Å². The summed E-state index contributed by atoms with van der Waals surface area (Å²) in [5.74, 6) is 4.90. The smallest absolute Gasteiger partial charge is 0.243 e. The molecule has 0 rings (SSSR count). The molecule has 0 aromatic carbocycles. The fourth-order valence-electron chi connectivity index (χ4n) is 0.743. The first-order valence-electron chi connectivity index (χ1n) is 4.02. The van der Waals surface area contributed by atoms with E-state index in [4.69, 9.17) is 0 Å². The molecule has 4 heteroatoms. The van der Waals surface area contributed by atoms with Crippen LogP contribution in [0.1, 0.15) is 20.8 Å². The summed E-state index contributed by atoms with van der Waals surface area (Å²) in [7, 11) is 0. The molecule has 0 heterocycles. The van der Waals surface area contributed by atoms with Crippen molar-refractivity contribution in [2.75, 3.05) is 6.54 Å². The number of hydrogen-bond donors (Lipinski definition) is 2. The van der Waals surface area contributed by atoms with Crippen LogP contribution in [0.15, 0.2) is 0 Å².